The Hall–Kier alpha value is -1.18. The molecule has 7 heteroatoms. The van der Waals surface area contributed by atoms with Gasteiger partial charge < -0.3 is 10.5 Å². The maximum Gasteiger partial charge on any atom is 0.242 e. The highest BCUT2D eigenvalue weighted by atomic mass is 32.2. The van der Waals surface area contributed by atoms with E-state index in [2.05, 4.69) is 4.72 Å². The molecular formula is C11H17FN2O3S. The van der Waals surface area contributed by atoms with Crippen LogP contribution in [0.3, 0.4) is 0 Å². The summed E-state index contributed by atoms with van der Waals surface area (Å²) >= 11 is 0. The van der Waals surface area contributed by atoms with Crippen molar-refractivity contribution in [1.29, 1.82) is 0 Å². The molecule has 0 aromatic heterocycles. The van der Waals surface area contributed by atoms with Crippen LogP contribution >= 0.6 is 0 Å². The van der Waals surface area contributed by atoms with Gasteiger partial charge >= 0.3 is 0 Å². The Bertz CT molecular complexity index is 491. The maximum atomic E-state index is 13.0. The van der Waals surface area contributed by atoms with Gasteiger partial charge in [-0.1, -0.05) is 0 Å². The van der Waals surface area contributed by atoms with Crippen LogP contribution < -0.4 is 10.5 Å². The minimum atomic E-state index is -3.76. The molecule has 0 amide bonds. The summed E-state index contributed by atoms with van der Waals surface area (Å²) in [7, 11) is -2.18. The molecule has 0 heterocycles. The van der Waals surface area contributed by atoms with Gasteiger partial charge in [0.25, 0.3) is 0 Å². The molecule has 102 valence electrons. The minimum Gasteiger partial charge on any atom is -0.398 e. The summed E-state index contributed by atoms with van der Waals surface area (Å²) in [5, 5.41) is 0. The highest BCUT2D eigenvalue weighted by Gasteiger charge is 2.17. The molecule has 0 bridgehead atoms. The van der Waals surface area contributed by atoms with Gasteiger partial charge in [0.05, 0.1) is 5.69 Å². The van der Waals surface area contributed by atoms with Crippen LogP contribution in [0.25, 0.3) is 0 Å². The van der Waals surface area contributed by atoms with Crippen molar-refractivity contribution in [3.63, 3.8) is 0 Å². The zero-order chi connectivity index (χ0) is 13.6. The van der Waals surface area contributed by atoms with Gasteiger partial charge in [-0.25, -0.2) is 17.5 Å². The Morgan fingerprint density at radius 3 is 2.78 bits per heavy atom. The highest BCUT2D eigenvalue weighted by molar-refractivity contribution is 7.89. The van der Waals surface area contributed by atoms with Gasteiger partial charge in [-0.05, 0) is 31.0 Å². The number of rotatable bonds is 7. The number of nitrogens with one attached hydrogen (secondary N) is 1. The van der Waals surface area contributed by atoms with Crippen molar-refractivity contribution in [2.45, 2.75) is 17.7 Å². The first-order valence-corrected chi connectivity index (χ1v) is 6.99. The molecule has 0 radical (unpaired) electrons. The lowest BCUT2D eigenvalue weighted by atomic mass is 10.3. The number of unbranched alkanes of at least 4 members (excludes halogenated alkanes) is 1. The third kappa shape index (κ3) is 4.25. The zero-order valence-corrected chi connectivity index (χ0v) is 11.0. The first-order chi connectivity index (χ1) is 8.47. The number of hydrogen-bond donors (Lipinski definition) is 2. The summed E-state index contributed by atoms with van der Waals surface area (Å²) in [6.45, 7) is 0.839. The Morgan fingerprint density at radius 1 is 1.39 bits per heavy atom. The monoisotopic (exact) mass is 276 g/mol. The molecule has 0 spiro atoms. The molecule has 0 aliphatic rings. The van der Waals surface area contributed by atoms with Crippen LogP contribution in [0.2, 0.25) is 0 Å². The summed E-state index contributed by atoms with van der Waals surface area (Å²) in [6.07, 6.45) is 1.39. The van der Waals surface area contributed by atoms with Crippen LogP contribution in [-0.2, 0) is 14.8 Å². The van der Waals surface area contributed by atoms with Crippen molar-refractivity contribution >= 4 is 15.7 Å². The number of hydrogen-bond acceptors (Lipinski definition) is 4. The van der Waals surface area contributed by atoms with E-state index in [-0.39, 0.29) is 17.1 Å². The molecule has 0 atom stereocenters. The lowest BCUT2D eigenvalue weighted by molar-refractivity contribution is 0.193. The van der Waals surface area contributed by atoms with Gasteiger partial charge in [-0.2, -0.15) is 0 Å². The second-order valence-corrected chi connectivity index (χ2v) is 5.52. The van der Waals surface area contributed by atoms with Crippen LogP contribution in [-0.4, -0.2) is 28.7 Å². The molecule has 0 aliphatic heterocycles. The molecule has 1 aromatic carbocycles. The van der Waals surface area contributed by atoms with Gasteiger partial charge in [0.2, 0.25) is 10.0 Å². The third-order valence-corrected chi connectivity index (χ3v) is 3.85. The first kappa shape index (κ1) is 14.9. The summed E-state index contributed by atoms with van der Waals surface area (Å²) in [5.74, 6) is -0.635. The number of anilines is 1. The minimum absolute atomic E-state index is 0.0285. The summed E-state index contributed by atoms with van der Waals surface area (Å²) in [4.78, 5) is -0.228. The van der Waals surface area contributed by atoms with Crippen molar-refractivity contribution in [3.05, 3.63) is 24.0 Å². The van der Waals surface area contributed by atoms with E-state index in [0.29, 0.717) is 13.0 Å². The number of methoxy groups -OCH3 is 1. The number of halogens is 1. The molecule has 1 aromatic rings. The van der Waals surface area contributed by atoms with E-state index >= 15 is 0 Å². The summed E-state index contributed by atoms with van der Waals surface area (Å²) in [6, 6.07) is 3.26. The largest absolute Gasteiger partial charge is 0.398 e. The standard InChI is InChI=1S/C11H17FN2O3S/c1-17-7-3-2-6-14-18(15,16)11-8-9(12)4-5-10(11)13/h4-5,8,14H,2-3,6-7,13H2,1H3. The predicted octanol–water partition coefficient (Wildman–Crippen LogP) is 1.11. The molecule has 0 aliphatic carbocycles. The van der Waals surface area contributed by atoms with Gasteiger partial charge in [-0.3, -0.25) is 0 Å². The van der Waals surface area contributed by atoms with E-state index in [0.717, 1.165) is 18.6 Å². The summed E-state index contributed by atoms with van der Waals surface area (Å²) in [5.41, 5.74) is 5.55. The number of nitrogen functional groups attached to an aromatic ring is 1. The SMILES string of the molecule is COCCCCNS(=O)(=O)c1cc(F)ccc1N. The number of sulfonamides is 1. The van der Waals surface area contributed by atoms with Crippen LogP contribution in [0.5, 0.6) is 0 Å². The Kier molecular flexibility index (Phi) is 5.52. The highest BCUT2D eigenvalue weighted by Crippen LogP contribution is 2.18. The molecule has 0 unspecified atom stereocenters. The fourth-order valence-corrected chi connectivity index (χ4v) is 2.61. The van der Waals surface area contributed by atoms with Crippen LogP contribution in [0.1, 0.15) is 12.8 Å². The van der Waals surface area contributed by atoms with E-state index in [1.165, 1.54) is 6.07 Å². The molecule has 3 N–H and O–H groups in total. The normalized spacial score (nSPS) is 11.7. The van der Waals surface area contributed by atoms with Gasteiger partial charge in [0.1, 0.15) is 10.7 Å². The van der Waals surface area contributed by atoms with Crippen molar-refractivity contribution < 1.29 is 17.5 Å². The van der Waals surface area contributed by atoms with Gasteiger partial charge in [0, 0.05) is 20.3 Å². The lowest BCUT2D eigenvalue weighted by Crippen LogP contribution is -2.26. The quantitative estimate of drug-likeness (QED) is 0.577. The average molecular weight is 276 g/mol. The van der Waals surface area contributed by atoms with Crippen molar-refractivity contribution in [3.8, 4) is 0 Å². The van der Waals surface area contributed by atoms with Gasteiger partial charge in [0.15, 0.2) is 0 Å². The zero-order valence-electron chi connectivity index (χ0n) is 10.1. The lowest BCUT2D eigenvalue weighted by Gasteiger charge is -2.09. The van der Waals surface area contributed by atoms with E-state index in [9.17, 15) is 12.8 Å². The number of nitrogens with two attached hydrogens (primary N) is 1. The topological polar surface area (TPSA) is 81.4 Å². The number of benzene rings is 1. The van der Waals surface area contributed by atoms with Crippen molar-refractivity contribution in [2.24, 2.45) is 0 Å². The maximum absolute atomic E-state index is 13.0. The van der Waals surface area contributed by atoms with Crippen LogP contribution in [0, 0.1) is 5.82 Å². The van der Waals surface area contributed by atoms with Crippen LogP contribution in [0.15, 0.2) is 23.1 Å². The first-order valence-electron chi connectivity index (χ1n) is 5.51. The van der Waals surface area contributed by atoms with Gasteiger partial charge in [-0.15, -0.1) is 0 Å². The molecule has 18 heavy (non-hydrogen) atoms. The third-order valence-electron chi connectivity index (χ3n) is 2.33. The Balaban J connectivity index is 2.66. The Labute approximate surface area is 106 Å². The van der Waals surface area contributed by atoms with E-state index in [1.807, 2.05) is 0 Å². The molecular weight excluding hydrogens is 259 g/mol. The number of ether oxygens (including phenoxy) is 1. The fraction of sp³-hybridized carbons (Fsp3) is 0.455. The Morgan fingerprint density at radius 2 is 2.11 bits per heavy atom. The van der Waals surface area contributed by atoms with Crippen molar-refractivity contribution in [2.75, 3.05) is 26.0 Å². The summed E-state index contributed by atoms with van der Waals surface area (Å²) < 4.78 is 43.9. The van der Waals surface area contributed by atoms with Crippen molar-refractivity contribution in [1.82, 2.24) is 4.72 Å². The second-order valence-electron chi connectivity index (χ2n) is 3.78. The van der Waals surface area contributed by atoms with E-state index < -0.39 is 15.8 Å². The molecule has 0 fully saturated rings. The van der Waals surface area contributed by atoms with E-state index in [1.54, 1.807) is 7.11 Å². The van der Waals surface area contributed by atoms with E-state index in [4.69, 9.17) is 10.5 Å². The smallest absolute Gasteiger partial charge is 0.242 e. The second kappa shape index (κ2) is 6.67. The molecule has 0 saturated carbocycles. The molecule has 1 rings (SSSR count). The molecule has 5 nitrogen and oxygen atoms in total. The predicted molar refractivity (Wildman–Crippen MR) is 67.1 cm³/mol. The fourth-order valence-electron chi connectivity index (χ4n) is 1.40. The average Bonchev–Trinajstić information content (AvgIpc) is 2.32. The molecule has 0 saturated heterocycles. The van der Waals surface area contributed by atoms with Crippen LogP contribution in [0.4, 0.5) is 10.1 Å².